The Kier molecular flexibility index (Phi) is 5.03. The Bertz CT molecular complexity index is 327. The minimum Gasteiger partial charge on any atom is -0.468 e. The van der Waals surface area contributed by atoms with Gasteiger partial charge in [0.2, 0.25) is 0 Å². The van der Waals surface area contributed by atoms with Crippen LogP contribution in [0.2, 0.25) is 0 Å². The van der Waals surface area contributed by atoms with Gasteiger partial charge >= 0.3 is 0 Å². The molecular weight excluding hydrogens is 202 g/mol. The van der Waals surface area contributed by atoms with Crippen molar-refractivity contribution in [3.8, 4) is 6.07 Å². The van der Waals surface area contributed by atoms with Gasteiger partial charge in [0.25, 0.3) is 0 Å². The van der Waals surface area contributed by atoms with Crippen LogP contribution in [0.15, 0.2) is 22.8 Å². The van der Waals surface area contributed by atoms with E-state index in [1.807, 2.05) is 19.1 Å². The normalized spacial score (nSPS) is 14.7. The first kappa shape index (κ1) is 12.8. The highest BCUT2D eigenvalue weighted by molar-refractivity contribution is 5.07. The van der Waals surface area contributed by atoms with E-state index in [0.717, 1.165) is 18.8 Å². The molecule has 16 heavy (non-hydrogen) atoms. The number of rotatable bonds is 6. The maximum absolute atomic E-state index is 8.63. The molecule has 88 valence electrons. The Labute approximate surface area is 96.6 Å². The van der Waals surface area contributed by atoms with Crippen LogP contribution in [0.1, 0.15) is 32.1 Å². The van der Waals surface area contributed by atoms with Crippen molar-refractivity contribution < 1.29 is 4.42 Å². The van der Waals surface area contributed by atoms with Crippen LogP contribution in [-0.4, -0.2) is 24.0 Å². The van der Waals surface area contributed by atoms with Crippen molar-refractivity contribution in [2.24, 2.45) is 5.73 Å². The number of likely N-dealkylation sites (N-methyl/N-ethyl adjacent to an activating group) is 1. The fourth-order valence-corrected chi connectivity index (χ4v) is 1.92. The van der Waals surface area contributed by atoms with Gasteiger partial charge in [-0.1, -0.05) is 6.92 Å². The summed E-state index contributed by atoms with van der Waals surface area (Å²) in [7, 11) is 0. The number of hydrogen-bond acceptors (Lipinski definition) is 4. The Morgan fingerprint density at radius 3 is 2.81 bits per heavy atom. The van der Waals surface area contributed by atoms with E-state index >= 15 is 0 Å². The molecule has 0 saturated heterocycles. The highest BCUT2D eigenvalue weighted by Gasteiger charge is 2.24. The van der Waals surface area contributed by atoms with Crippen LogP contribution in [0, 0.1) is 11.3 Å². The molecule has 0 aliphatic heterocycles. The predicted molar refractivity (Wildman–Crippen MR) is 62.6 cm³/mol. The Hall–Kier alpha value is -1.31. The quantitative estimate of drug-likeness (QED) is 0.796. The van der Waals surface area contributed by atoms with Crippen LogP contribution in [0.25, 0.3) is 0 Å². The van der Waals surface area contributed by atoms with E-state index in [0.29, 0.717) is 6.42 Å². The smallest absolute Gasteiger partial charge is 0.122 e. The third kappa shape index (κ3) is 3.09. The minimum absolute atomic E-state index is 0.0233. The van der Waals surface area contributed by atoms with E-state index in [-0.39, 0.29) is 12.1 Å². The average Bonchev–Trinajstić information content (AvgIpc) is 2.76. The number of nitrogens with two attached hydrogens (primary N) is 1. The van der Waals surface area contributed by atoms with Crippen LogP contribution in [0.3, 0.4) is 0 Å². The molecule has 0 aliphatic rings. The molecular formula is C12H19N3O. The van der Waals surface area contributed by atoms with E-state index in [1.54, 1.807) is 6.26 Å². The van der Waals surface area contributed by atoms with E-state index in [2.05, 4.69) is 17.9 Å². The maximum atomic E-state index is 8.63. The molecule has 0 aliphatic carbocycles. The summed E-state index contributed by atoms with van der Waals surface area (Å²) in [5, 5.41) is 8.63. The minimum atomic E-state index is -0.0233. The predicted octanol–water partition coefficient (Wildman–Crippen LogP) is 1.90. The van der Waals surface area contributed by atoms with Crippen LogP contribution in [0.5, 0.6) is 0 Å². The van der Waals surface area contributed by atoms with Crippen molar-refractivity contribution in [1.29, 1.82) is 5.26 Å². The zero-order valence-electron chi connectivity index (χ0n) is 9.89. The molecule has 2 unspecified atom stereocenters. The summed E-state index contributed by atoms with van der Waals surface area (Å²) < 4.78 is 5.42. The number of hydrogen-bond donors (Lipinski definition) is 1. The zero-order valence-corrected chi connectivity index (χ0v) is 9.89. The highest BCUT2D eigenvalue weighted by atomic mass is 16.3. The lowest BCUT2D eigenvalue weighted by Crippen LogP contribution is -2.39. The monoisotopic (exact) mass is 221 g/mol. The summed E-state index contributed by atoms with van der Waals surface area (Å²) in [5.41, 5.74) is 5.99. The second kappa shape index (κ2) is 6.31. The fourth-order valence-electron chi connectivity index (χ4n) is 1.92. The first-order chi connectivity index (χ1) is 7.70. The third-order valence-corrected chi connectivity index (χ3v) is 2.64. The zero-order chi connectivity index (χ0) is 12.0. The molecule has 4 heteroatoms. The molecule has 1 rings (SSSR count). The third-order valence-electron chi connectivity index (χ3n) is 2.64. The van der Waals surface area contributed by atoms with Gasteiger partial charge in [-0.2, -0.15) is 5.26 Å². The molecule has 1 heterocycles. The second-order valence-corrected chi connectivity index (χ2v) is 3.86. The SMILES string of the molecule is CCN(CCC#N)C(c1ccco1)C(C)N. The second-order valence-electron chi connectivity index (χ2n) is 3.86. The summed E-state index contributed by atoms with van der Waals surface area (Å²) >= 11 is 0. The van der Waals surface area contributed by atoms with E-state index < -0.39 is 0 Å². The van der Waals surface area contributed by atoms with Crippen LogP contribution in [0.4, 0.5) is 0 Å². The molecule has 4 nitrogen and oxygen atoms in total. The Morgan fingerprint density at radius 1 is 1.62 bits per heavy atom. The lowest BCUT2D eigenvalue weighted by molar-refractivity contribution is 0.166. The van der Waals surface area contributed by atoms with Gasteiger partial charge in [-0.25, -0.2) is 0 Å². The molecule has 2 atom stereocenters. The Balaban J connectivity index is 2.79. The van der Waals surface area contributed by atoms with E-state index in [1.165, 1.54) is 0 Å². The van der Waals surface area contributed by atoms with E-state index in [4.69, 9.17) is 15.4 Å². The van der Waals surface area contributed by atoms with Gasteiger partial charge in [0.15, 0.2) is 0 Å². The first-order valence-corrected chi connectivity index (χ1v) is 5.60. The molecule has 0 spiro atoms. The largest absolute Gasteiger partial charge is 0.468 e. The van der Waals surface area contributed by atoms with E-state index in [9.17, 15) is 0 Å². The van der Waals surface area contributed by atoms with Crippen molar-refractivity contribution in [3.63, 3.8) is 0 Å². The summed E-state index contributed by atoms with van der Waals surface area (Å²) in [6.45, 7) is 5.60. The van der Waals surface area contributed by atoms with Crippen molar-refractivity contribution >= 4 is 0 Å². The van der Waals surface area contributed by atoms with Crippen LogP contribution in [-0.2, 0) is 0 Å². The standard InChI is InChI=1S/C12H19N3O/c1-3-15(8-5-7-13)12(10(2)14)11-6-4-9-16-11/h4,6,9-10,12H,3,5,8,14H2,1-2H3. The molecule has 0 fully saturated rings. The van der Waals surface area contributed by atoms with Gasteiger partial charge < -0.3 is 10.2 Å². The maximum Gasteiger partial charge on any atom is 0.122 e. The van der Waals surface area contributed by atoms with Crippen LogP contribution < -0.4 is 5.73 Å². The number of nitrogens with zero attached hydrogens (tertiary/aromatic N) is 2. The molecule has 0 bridgehead atoms. The number of furan rings is 1. The van der Waals surface area contributed by atoms with Gasteiger partial charge in [0, 0.05) is 19.0 Å². The molecule has 0 aromatic carbocycles. The molecule has 0 saturated carbocycles. The summed E-state index contributed by atoms with van der Waals surface area (Å²) in [5.74, 6) is 0.870. The lowest BCUT2D eigenvalue weighted by Gasteiger charge is -2.31. The van der Waals surface area contributed by atoms with Crippen LogP contribution >= 0.6 is 0 Å². The van der Waals surface area contributed by atoms with Crippen molar-refractivity contribution in [3.05, 3.63) is 24.2 Å². The molecule has 0 radical (unpaired) electrons. The number of nitriles is 1. The molecule has 0 amide bonds. The summed E-state index contributed by atoms with van der Waals surface area (Å²) in [6.07, 6.45) is 2.17. The van der Waals surface area contributed by atoms with Crippen molar-refractivity contribution in [2.45, 2.75) is 32.4 Å². The Morgan fingerprint density at radius 2 is 2.38 bits per heavy atom. The topological polar surface area (TPSA) is 66.2 Å². The summed E-state index contributed by atoms with van der Waals surface area (Å²) in [6, 6.07) is 5.98. The van der Waals surface area contributed by atoms with Gasteiger partial charge in [-0.15, -0.1) is 0 Å². The fraction of sp³-hybridized carbons (Fsp3) is 0.583. The highest BCUT2D eigenvalue weighted by Crippen LogP contribution is 2.23. The van der Waals surface area contributed by atoms with Gasteiger partial charge in [0.1, 0.15) is 5.76 Å². The van der Waals surface area contributed by atoms with Crippen molar-refractivity contribution in [1.82, 2.24) is 4.90 Å². The van der Waals surface area contributed by atoms with Gasteiger partial charge in [0.05, 0.1) is 18.4 Å². The summed E-state index contributed by atoms with van der Waals surface area (Å²) in [4.78, 5) is 2.17. The van der Waals surface area contributed by atoms with Crippen molar-refractivity contribution in [2.75, 3.05) is 13.1 Å². The first-order valence-electron chi connectivity index (χ1n) is 5.60. The van der Waals surface area contributed by atoms with Gasteiger partial charge in [-0.05, 0) is 25.6 Å². The molecule has 2 N–H and O–H groups in total. The molecule has 1 aromatic heterocycles. The molecule has 1 aromatic rings. The average molecular weight is 221 g/mol. The lowest BCUT2D eigenvalue weighted by atomic mass is 10.1. The van der Waals surface area contributed by atoms with Gasteiger partial charge in [-0.3, -0.25) is 4.90 Å².